The normalized spacial score (nSPS) is 10.5. The van der Waals surface area contributed by atoms with Gasteiger partial charge in [0.15, 0.2) is 0 Å². The largest absolute Gasteiger partial charge is 0.478 e. The summed E-state index contributed by atoms with van der Waals surface area (Å²) in [4.78, 5) is 15.4. The lowest BCUT2D eigenvalue weighted by atomic mass is 10.1. The van der Waals surface area contributed by atoms with Crippen LogP contribution in [0.25, 0.3) is 10.9 Å². The molecular formula is C16H11ClN2O2. The number of carboxylic acids is 1. The number of anilines is 2. The summed E-state index contributed by atoms with van der Waals surface area (Å²) < 4.78 is 0. The van der Waals surface area contributed by atoms with Crippen molar-refractivity contribution in [2.75, 3.05) is 5.32 Å². The fraction of sp³-hybridized carbons (Fsp3) is 0. The van der Waals surface area contributed by atoms with Gasteiger partial charge >= 0.3 is 5.97 Å². The Morgan fingerprint density at radius 3 is 2.71 bits per heavy atom. The van der Waals surface area contributed by atoms with Crippen LogP contribution in [0.5, 0.6) is 0 Å². The molecule has 0 saturated carbocycles. The molecule has 104 valence electrons. The van der Waals surface area contributed by atoms with Crippen LogP contribution in [0, 0.1) is 0 Å². The zero-order valence-electron chi connectivity index (χ0n) is 10.9. The molecule has 0 aliphatic rings. The van der Waals surface area contributed by atoms with E-state index in [0.717, 1.165) is 16.6 Å². The van der Waals surface area contributed by atoms with Crippen LogP contribution in [0.2, 0.25) is 5.02 Å². The summed E-state index contributed by atoms with van der Waals surface area (Å²) in [6.07, 6.45) is 1.71. The van der Waals surface area contributed by atoms with E-state index in [4.69, 9.17) is 16.7 Å². The zero-order chi connectivity index (χ0) is 14.8. The number of nitrogens with one attached hydrogen (secondary N) is 1. The molecule has 0 aliphatic heterocycles. The highest BCUT2D eigenvalue weighted by molar-refractivity contribution is 6.33. The van der Waals surface area contributed by atoms with Gasteiger partial charge in [-0.15, -0.1) is 0 Å². The first-order valence-electron chi connectivity index (χ1n) is 6.29. The monoisotopic (exact) mass is 298 g/mol. The molecule has 0 atom stereocenters. The van der Waals surface area contributed by atoms with E-state index in [9.17, 15) is 4.79 Å². The number of fused-ring (bicyclic) bond motifs is 1. The third kappa shape index (κ3) is 2.66. The van der Waals surface area contributed by atoms with Crippen molar-refractivity contribution in [2.24, 2.45) is 0 Å². The molecule has 0 aliphatic carbocycles. The van der Waals surface area contributed by atoms with Crippen molar-refractivity contribution >= 4 is 39.8 Å². The lowest BCUT2D eigenvalue weighted by Gasteiger charge is -2.11. The predicted molar refractivity (Wildman–Crippen MR) is 83.4 cm³/mol. The van der Waals surface area contributed by atoms with E-state index in [2.05, 4.69) is 10.3 Å². The van der Waals surface area contributed by atoms with E-state index in [0.29, 0.717) is 10.7 Å². The maximum absolute atomic E-state index is 11.0. The minimum absolute atomic E-state index is 0.176. The highest BCUT2D eigenvalue weighted by Crippen LogP contribution is 2.29. The van der Waals surface area contributed by atoms with Crippen molar-refractivity contribution in [3.63, 3.8) is 0 Å². The number of benzene rings is 2. The fourth-order valence-corrected chi connectivity index (χ4v) is 2.27. The number of hydrogen-bond donors (Lipinski definition) is 2. The summed E-state index contributed by atoms with van der Waals surface area (Å²) in [6, 6.07) is 14.1. The molecule has 3 rings (SSSR count). The number of aromatic nitrogens is 1. The number of carboxylic acid groups (broad SMARTS) is 1. The molecule has 2 aromatic carbocycles. The molecule has 4 nitrogen and oxygen atoms in total. The Labute approximate surface area is 126 Å². The highest BCUT2D eigenvalue weighted by atomic mass is 35.5. The van der Waals surface area contributed by atoms with Gasteiger partial charge in [0.05, 0.1) is 27.5 Å². The minimum Gasteiger partial charge on any atom is -0.478 e. The van der Waals surface area contributed by atoms with E-state index in [1.54, 1.807) is 12.3 Å². The van der Waals surface area contributed by atoms with Crippen molar-refractivity contribution < 1.29 is 9.90 Å². The Kier molecular flexibility index (Phi) is 3.46. The summed E-state index contributed by atoms with van der Waals surface area (Å²) in [7, 11) is 0. The molecule has 0 spiro atoms. The molecule has 3 aromatic rings. The topological polar surface area (TPSA) is 62.2 Å². The highest BCUT2D eigenvalue weighted by Gasteiger charge is 2.09. The summed E-state index contributed by atoms with van der Waals surface area (Å²) >= 11 is 6.13. The maximum Gasteiger partial charge on any atom is 0.335 e. The molecule has 0 radical (unpaired) electrons. The number of halogens is 1. The Bertz CT molecular complexity index is 828. The lowest BCUT2D eigenvalue weighted by Crippen LogP contribution is -1.99. The van der Waals surface area contributed by atoms with Crippen molar-refractivity contribution in [1.29, 1.82) is 0 Å². The number of pyridine rings is 1. The average molecular weight is 299 g/mol. The van der Waals surface area contributed by atoms with Crippen LogP contribution in [0.4, 0.5) is 11.4 Å². The van der Waals surface area contributed by atoms with Crippen LogP contribution in [0.3, 0.4) is 0 Å². The van der Waals surface area contributed by atoms with Gasteiger partial charge in [-0.3, -0.25) is 4.98 Å². The Morgan fingerprint density at radius 1 is 1.10 bits per heavy atom. The Hall–Kier alpha value is -2.59. The second kappa shape index (κ2) is 5.42. The minimum atomic E-state index is -0.995. The van der Waals surface area contributed by atoms with Crippen LogP contribution in [-0.4, -0.2) is 16.1 Å². The van der Waals surface area contributed by atoms with Gasteiger partial charge in [-0.1, -0.05) is 29.8 Å². The van der Waals surface area contributed by atoms with Crippen molar-refractivity contribution in [3.8, 4) is 0 Å². The van der Waals surface area contributed by atoms with Gasteiger partial charge in [0, 0.05) is 11.6 Å². The summed E-state index contributed by atoms with van der Waals surface area (Å²) in [5.74, 6) is -0.995. The molecule has 1 aromatic heterocycles. The SMILES string of the molecule is O=C(O)c1ccc(Cl)c(Nc2cccc3cccnc23)c1. The molecule has 0 amide bonds. The number of aromatic carboxylic acids is 1. The van der Waals surface area contributed by atoms with Crippen LogP contribution in [-0.2, 0) is 0 Å². The molecule has 2 N–H and O–H groups in total. The van der Waals surface area contributed by atoms with E-state index in [1.807, 2.05) is 30.3 Å². The smallest absolute Gasteiger partial charge is 0.335 e. The standard InChI is InChI=1S/C16H11ClN2O2/c17-12-7-6-11(16(20)21)9-14(12)19-13-5-1-3-10-4-2-8-18-15(10)13/h1-9,19H,(H,20,21). The number of rotatable bonds is 3. The Morgan fingerprint density at radius 2 is 1.90 bits per heavy atom. The van der Waals surface area contributed by atoms with Crippen LogP contribution >= 0.6 is 11.6 Å². The maximum atomic E-state index is 11.0. The zero-order valence-corrected chi connectivity index (χ0v) is 11.6. The number of para-hydroxylation sites is 1. The first-order valence-corrected chi connectivity index (χ1v) is 6.66. The summed E-state index contributed by atoms with van der Waals surface area (Å²) in [5.41, 5.74) is 2.29. The van der Waals surface area contributed by atoms with E-state index in [-0.39, 0.29) is 5.56 Å². The first kappa shape index (κ1) is 13.4. The van der Waals surface area contributed by atoms with Gasteiger partial charge in [-0.05, 0) is 30.3 Å². The number of hydrogen-bond acceptors (Lipinski definition) is 3. The molecule has 0 unspecified atom stereocenters. The van der Waals surface area contributed by atoms with E-state index >= 15 is 0 Å². The van der Waals surface area contributed by atoms with Gasteiger partial charge < -0.3 is 10.4 Å². The average Bonchev–Trinajstić information content (AvgIpc) is 2.49. The lowest BCUT2D eigenvalue weighted by molar-refractivity contribution is 0.0697. The van der Waals surface area contributed by atoms with Gasteiger partial charge in [0.2, 0.25) is 0 Å². The summed E-state index contributed by atoms with van der Waals surface area (Å²) in [6.45, 7) is 0. The van der Waals surface area contributed by atoms with Crippen LogP contribution < -0.4 is 5.32 Å². The molecule has 1 heterocycles. The molecular weight excluding hydrogens is 288 g/mol. The summed E-state index contributed by atoms with van der Waals surface area (Å²) in [5, 5.41) is 13.7. The Balaban J connectivity index is 2.06. The van der Waals surface area contributed by atoms with Crippen LogP contribution in [0.1, 0.15) is 10.4 Å². The van der Waals surface area contributed by atoms with Gasteiger partial charge in [-0.25, -0.2) is 4.79 Å². The van der Waals surface area contributed by atoms with E-state index in [1.165, 1.54) is 12.1 Å². The fourth-order valence-electron chi connectivity index (χ4n) is 2.10. The first-order chi connectivity index (χ1) is 10.1. The van der Waals surface area contributed by atoms with Gasteiger partial charge in [-0.2, -0.15) is 0 Å². The third-order valence-corrected chi connectivity index (χ3v) is 3.44. The van der Waals surface area contributed by atoms with Crippen molar-refractivity contribution in [3.05, 3.63) is 65.3 Å². The van der Waals surface area contributed by atoms with Crippen molar-refractivity contribution in [2.45, 2.75) is 0 Å². The second-order valence-electron chi connectivity index (χ2n) is 4.51. The van der Waals surface area contributed by atoms with Crippen molar-refractivity contribution in [1.82, 2.24) is 4.98 Å². The predicted octanol–water partition coefficient (Wildman–Crippen LogP) is 4.33. The van der Waals surface area contributed by atoms with Gasteiger partial charge in [0.25, 0.3) is 0 Å². The molecule has 5 heteroatoms. The third-order valence-electron chi connectivity index (χ3n) is 3.12. The molecule has 21 heavy (non-hydrogen) atoms. The second-order valence-corrected chi connectivity index (χ2v) is 4.91. The van der Waals surface area contributed by atoms with Gasteiger partial charge in [0.1, 0.15) is 0 Å². The van der Waals surface area contributed by atoms with E-state index < -0.39 is 5.97 Å². The number of nitrogens with zero attached hydrogens (tertiary/aromatic N) is 1. The molecule has 0 saturated heterocycles. The van der Waals surface area contributed by atoms with Crippen LogP contribution in [0.15, 0.2) is 54.7 Å². The quantitative estimate of drug-likeness (QED) is 0.755. The number of carbonyl (C=O) groups is 1. The molecule has 0 fully saturated rings. The molecule has 0 bridgehead atoms.